The van der Waals surface area contributed by atoms with Gasteiger partial charge in [-0.3, -0.25) is 29.3 Å². The van der Waals surface area contributed by atoms with Gasteiger partial charge in [0.15, 0.2) is 11.5 Å². The minimum atomic E-state index is -0.525. The highest BCUT2D eigenvalue weighted by molar-refractivity contribution is 5.97. The lowest BCUT2D eigenvalue weighted by molar-refractivity contribution is -0.384. The molecule has 0 radical (unpaired) electrons. The predicted molar refractivity (Wildman–Crippen MR) is 141 cm³/mol. The number of carbonyl (C=O) groups is 4. The number of methoxy groups -OCH3 is 2. The molecule has 0 saturated carbocycles. The fraction of sp³-hybridized carbons (Fsp3) is 0.231. The highest BCUT2D eigenvalue weighted by atomic mass is 16.6. The van der Waals surface area contributed by atoms with E-state index in [1.807, 2.05) is 0 Å². The fourth-order valence-electron chi connectivity index (χ4n) is 3.36. The normalized spacial score (nSPS) is 10.3. The molecule has 0 atom stereocenters. The minimum absolute atomic E-state index is 0.0235. The molecule has 4 aromatic rings. The molecule has 0 aliphatic heterocycles. The number of anilines is 1. The van der Waals surface area contributed by atoms with Crippen LogP contribution in [0.25, 0.3) is 21.9 Å². The maximum Gasteiger partial charge on any atom is 0.307 e. The van der Waals surface area contributed by atoms with Crippen molar-refractivity contribution in [3.63, 3.8) is 0 Å². The second-order valence-corrected chi connectivity index (χ2v) is 8.16. The summed E-state index contributed by atoms with van der Waals surface area (Å²) in [6, 6.07) is 12.2. The Balaban J connectivity index is 0.000000222. The smallest absolute Gasteiger partial charge is 0.307 e. The third kappa shape index (κ3) is 7.80. The number of nitro benzene ring substituents is 1. The van der Waals surface area contributed by atoms with Gasteiger partial charge in [-0.25, -0.2) is 0 Å². The number of nitrogens with one attached hydrogen (secondary N) is 2. The summed E-state index contributed by atoms with van der Waals surface area (Å²) in [5.41, 5.74) is 7.13. The van der Waals surface area contributed by atoms with Crippen molar-refractivity contribution in [2.24, 2.45) is 0 Å². The first-order chi connectivity index (χ1) is 19.1. The molecular weight excluding hydrogens is 528 g/mol. The molecule has 0 fully saturated rings. The van der Waals surface area contributed by atoms with E-state index in [0.29, 0.717) is 22.2 Å². The van der Waals surface area contributed by atoms with Crippen LogP contribution in [-0.4, -0.2) is 56.0 Å². The molecule has 2 heterocycles. The van der Waals surface area contributed by atoms with Gasteiger partial charge in [0.25, 0.3) is 17.5 Å². The van der Waals surface area contributed by atoms with Gasteiger partial charge in [0.05, 0.1) is 32.0 Å². The lowest BCUT2D eigenvalue weighted by Crippen LogP contribution is -2.25. The van der Waals surface area contributed by atoms with Crippen LogP contribution in [0.2, 0.25) is 0 Å². The maximum absolute atomic E-state index is 11.8. The standard InChI is InChI=1S/C13H12N2O6.C13H14N2O4/c1-20-12(16)4-5-14-13(17)11-7-8-6-9(15(18)19)2-3-10(8)21-11;1-18-12(16)4-5-15-13(17)11-7-8-6-9(14)2-3-10(8)19-11/h2-3,6-7H,4-5H2,1H3,(H,14,17);2-3,6-7H,4-5,14H2,1H3,(H,15,17). The number of nitrogens with zero attached hydrogens (tertiary/aromatic N) is 1. The number of non-ortho nitro benzene ring substituents is 1. The molecule has 40 heavy (non-hydrogen) atoms. The van der Waals surface area contributed by atoms with Crippen molar-refractivity contribution in [1.82, 2.24) is 10.6 Å². The van der Waals surface area contributed by atoms with E-state index in [4.69, 9.17) is 14.6 Å². The summed E-state index contributed by atoms with van der Waals surface area (Å²) in [6.07, 6.45) is 0.170. The number of fused-ring (bicyclic) bond motifs is 2. The molecule has 0 bridgehead atoms. The van der Waals surface area contributed by atoms with Gasteiger partial charge in [0.2, 0.25) is 0 Å². The van der Waals surface area contributed by atoms with Crippen LogP contribution in [0, 0.1) is 10.1 Å². The Morgan fingerprint density at radius 3 is 1.75 bits per heavy atom. The van der Waals surface area contributed by atoms with E-state index < -0.39 is 16.8 Å². The number of nitrogen functional groups attached to an aromatic ring is 1. The molecular formula is C26H26N4O10. The number of hydrogen-bond donors (Lipinski definition) is 3. The van der Waals surface area contributed by atoms with Gasteiger partial charge in [-0.05, 0) is 36.4 Å². The van der Waals surface area contributed by atoms with E-state index in [9.17, 15) is 29.3 Å². The Morgan fingerprint density at radius 1 is 0.800 bits per heavy atom. The average Bonchev–Trinajstić information content (AvgIpc) is 3.56. The van der Waals surface area contributed by atoms with Crippen molar-refractivity contribution < 1.29 is 42.4 Å². The zero-order chi connectivity index (χ0) is 29.2. The summed E-state index contributed by atoms with van der Waals surface area (Å²) in [5, 5.41) is 17.0. The summed E-state index contributed by atoms with van der Waals surface area (Å²) < 4.78 is 19.6. The van der Waals surface area contributed by atoms with Crippen LogP contribution in [0.1, 0.15) is 34.0 Å². The zero-order valence-electron chi connectivity index (χ0n) is 21.6. The SMILES string of the molecule is COC(=O)CCNC(=O)c1cc2cc(N)ccc2o1.COC(=O)CCNC(=O)c1cc2cc([N+](=O)[O-])ccc2o1. The van der Waals surface area contributed by atoms with E-state index in [2.05, 4.69) is 20.1 Å². The number of furan rings is 2. The van der Waals surface area contributed by atoms with Crippen LogP contribution < -0.4 is 16.4 Å². The Morgan fingerprint density at radius 2 is 1.27 bits per heavy atom. The number of esters is 2. The highest BCUT2D eigenvalue weighted by Crippen LogP contribution is 2.24. The van der Waals surface area contributed by atoms with E-state index in [0.717, 1.165) is 5.39 Å². The van der Waals surface area contributed by atoms with E-state index in [1.54, 1.807) is 24.3 Å². The van der Waals surface area contributed by atoms with Crippen molar-refractivity contribution in [3.05, 3.63) is 70.2 Å². The Bertz CT molecular complexity index is 1560. The number of carbonyl (C=O) groups excluding carboxylic acids is 4. The highest BCUT2D eigenvalue weighted by Gasteiger charge is 2.15. The Labute approximate surface area is 226 Å². The maximum atomic E-state index is 11.8. The summed E-state index contributed by atoms with van der Waals surface area (Å²) in [7, 11) is 2.56. The van der Waals surface area contributed by atoms with Gasteiger partial charge in [0.1, 0.15) is 11.2 Å². The third-order valence-corrected chi connectivity index (χ3v) is 5.38. The monoisotopic (exact) mass is 554 g/mol. The molecule has 4 N–H and O–H groups in total. The molecule has 210 valence electrons. The van der Waals surface area contributed by atoms with Crippen molar-refractivity contribution in [1.29, 1.82) is 0 Å². The summed E-state index contributed by atoms with van der Waals surface area (Å²) in [6.45, 7) is 0.313. The Hall–Kier alpha value is -5.40. The fourth-order valence-corrected chi connectivity index (χ4v) is 3.36. The quantitative estimate of drug-likeness (QED) is 0.119. The van der Waals surface area contributed by atoms with E-state index >= 15 is 0 Å². The lowest BCUT2D eigenvalue weighted by Gasteiger charge is -2.01. The van der Waals surface area contributed by atoms with Gasteiger partial charge in [-0.1, -0.05) is 0 Å². The number of benzene rings is 2. The van der Waals surface area contributed by atoms with Crippen LogP contribution in [0.4, 0.5) is 11.4 Å². The minimum Gasteiger partial charge on any atom is -0.469 e. The van der Waals surface area contributed by atoms with Crippen LogP contribution in [-0.2, 0) is 19.1 Å². The van der Waals surface area contributed by atoms with E-state index in [-0.39, 0.29) is 55.0 Å². The van der Waals surface area contributed by atoms with Crippen LogP contribution in [0.15, 0.2) is 57.4 Å². The third-order valence-electron chi connectivity index (χ3n) is 5.38. The topological polar surface area (TPSA) is 206 Å². The molecule has 0 saturated heterocycles. The summed E-state index contributed by atoms with van der Waals surface area (Å²) in [4.78, 5) is 55.5. The summed E-state index contributed by atoms with van der Waals surface area (Å²) >= 11 is 0. The van der Waals surface area contributed by atoms with E-state index in [1.165, 1.54) is 38.5 Å². The van der Waals surface area contributed by atoms with Gasteiger partial charge >= 0.3 is 11.9 Å². The van der Waals surface area contributed by atoms with Crippen LogP contribution in [0.3, 0.4) is 0 Å². The lowest BCUT2D eigenvalue weighted by atomic mass is 10.2. The zero-order valence-corrected chi connectivity index (χ0v) is 21.6. The first-order valence-corrected chi connectivity index (χ1v) is 11.8. The molecule has 2 aromatic heterocycles. The van der Waals surface area contributed by atoms with Gasteiger partial charge in [-0.2, -0.15) is 0 Å². The van der Waals surface area contributed by atoms with Gasteiger partial charge < -0.3 is 34.7 Å². The van der Waals surface area contributed by atoms with Crippen molar-refractivity contribution in [2.45, 2.75) is 12.8 Å². The average molecular weight is 555 g/mol. The number of amides is 2. The molecule has 4 rings (SSSR count). The second-order valence-electron chi connectivity index (χ2n) is 8.16. The summed E-state index contributed by atoms with van der Waals surface area (Å²) in [5.74, 6) is -1.48. The van der Waals surface area contributed by atoms with Crippen molar-refractivity contribution in [3.8, 4) is 0 Å². The number of ether oxygens (including phenoxy) is 2. The molecule has 14 nitrogen and oxygen atoms in total. The molecule has 0 aliphatic rings. The van der Waals surface area contributed by atoms with Crippen LogP contribution in [0.5, 0.6) is 0 Å². The van der Waals surface area contributed by atoms with Gasteiger partial charge in [0, 0.05) is 41.7 Å². The number of rotatable bonds is 9. The molecule has 0 spiro atoms. The first-order valence-electron chi connectivity index (χ1n) is 11.8. The molecule has 14 heteroatoms. The predicted octanol–water partition coefficient (Wildman–Crippen LogP) is 2.94. The first kappa shape index (κ1) is 29.2. The molecule has 0 unspecified atom stereocenters. The largest absolute Gasteiger partial charge is 0.469 e. The van der Waals surface area contributed by atoms with Crippen LogP contribution >= 0.6 is 0 Å². The second kappa shape index (κ2) is 13.4. The number of hydrogen-bond acceptors (Lipinski definition) is 11. The number of nitro groups is 1. The molecule has 2 amide bonds. The molecule has 2 aromatic carbocycles. The number of nitrogens with two attached hydrogens (primary N) is 1. The van der Waals surface area contributed by atoms with Crippen molar-refractivity contribution >= 4 is 57.1 Å². The Kier molecular flexibility index (Phi) is 9.78. The van der Waals surface area contributed by atoms with Crippen molar-refractivity contribution in [2.75, 3.05) is 33.0 Å². The van der Waals surface area contributed by atoms with Gasteiger partial charge in [-0.15, -0.1) is 0 Å². The molecule has 0 aliphatic carbocycles.